The number of nitrogens with zero attached hydrogens (tertiary/aromatic N) is 2. The van der Waals surface area contributed by atoms with E-state index < -0.39 is 0 Å². The van der Waals surface area contributed by atoms with Crippen molar-refractivity contribution in [3.8, 4) is 0 Å². The second-order valence-electron chi connectivity index (χ2n) is 5.00. The number of hydrogen-bond donors (Lipinski definition) is 1. The second-order valence-corrected chi connectivity index (χ2v) is 5.00. The van der Waals surface area contributed by atoms with Crippen molar-refractivity contribution < 1.29 is 9.59 Å². The molecule has 1 saturated heterocycles. The Bertz CT molecular complexity index is 307. The predicted molar refractivity (Wildman–Crippen MR) is 71.1 cm³/mol. The summed E-state index contributed by atoms with van der Waals surface area (Å²) in [6.07, 6.45) is 1.34. The van der Waals surface area contributed by atoms with Crippen molar-refractivity contribution in [3.05, 3.63) is 12.7 Å². The zero-order valence-electron chi connectivity index (χ0n) is 11.3. The van der Waals surface area contributed by atoms with Gasteiger partial charge in [-0.15, -0.1) is 0 Å². The average molecular weight is 253 g/mol. The van der Waals surface area contributed by atoms with Crippen LogP contribution >= 0.6 is 0 Å². The number of amides is 2. The van der Waals surface area contributed by atoms with E-state index in [-0.39, 0.29) is 11.8 Å². The molecule has 0 aromatic heterocycles. The molecule has 18 heavy (non-hydrogen) atoms. The van der Waals surface area contributed by atoms with Gasteiger partial charge in [0, 0.05) is 32.7 Å². The third kappa shape index (κ3) is 4.87. The first-order chi connectivity index (χ1) is 8.52. The van der Waals surface area contributed by atoms with Gasteiger partial charge in [-0.2, -0.15) is 0 Å². The van der Waals surface area contributed by atoms with E-state index in [9.17, 15) is 9.59 Å². The molecule has 5 nitrogen and oxygen atoms in total. The summed E-state index contributed by atoms with van der Waals surface area (Å²) in [7, 11) is 0. The molecule has 1 rings (SSSR count). The Morgan fingerprint density at radius 1 is 1.28 bits per heavy atom. The van der Waals surface area contributed by atoms with Crippen molar-refractivity contribution in [2.45, 2.75) is 13.8 Å². The molecule has 1 fully saturated rings. The van der Waals surface area contributed by atoms with Crippen LogP contribution in [0.3, 0.4) is 0 Å². The lowest BCUT2D eigenvalue weighted by Crippen LogP contribution is -2.50. The monoisotopic (exact) mass is 253 g/mol. The fraction of sp³-hybridized carbons (Fsp3) is 0.692. The Labute approximate surface area is 109 Å². The van der Waals surface area contributed by atoms with Gasteiger partial charge in [0.2, 0.25) is 11.8 Å². The van der Waals surface area contributed by atoms with Crippen LogP contribution < -0.4 is 5.32 Å². The molecule has 0 aromatic rings. The summed E-state index contributed by atoms with van der Waals surface area (Å²) in [4.78, 5) is 26.9. The van der Waals surface area contributed by atoms with Gasteiger partial charge in [0.15, 0.2) is 0 Å². The summed E-state index contributed by atoms with van der Waals surface area (Å²) in [6.45, 7) is 11.6. The highest BCUT2D eigenvalue weighted by Crippen LogP contribution is 2.02. The summed E-state index contributed by atoms with van der Waals surface area (Å²) < 4.78 is 0. The minimum Gasteiger partial charge on any atom is -0.355 e. The lowest BCUT2D eigenvalue weighted by atomic mass is 10.2. The normalized spacial score (nSPS) is 16.7. The highest BCUT2D eigenvalue weighted by atomic mass is 16.2. The van der Waals surface area contributed by atoms with Crippen LogP contribution in [0.2, 0.25) is 0 Å². The zero-order valence-corrected chi connectivity index (χ0v) is 11.3. The van der Waals surface area contributed by atoms with E-state index in [0.29, 0.717) is 32.1 Å². The molecular weight excluding hydrogens is 230 g/mol. The molecule has 102 valence electrons. The van der Waals surface area contributed by atoms with Crippen LogP contribution in [0.15, 0.2) is 12.7 Å². The molecule has 5 heteroatoms. The third-order valence-electron chi connectivity index (χ3n) is 2.93. The Kier molecular flexibility index (Phi) is 5.85. The summed E-state index contributed by atoms with van der Waals surface area (Å²) >= 11 is 0. The van der Waals surface area contributed by atoms with Crippen molar-refractivity contribution >= 4 is 11.8 Å². The molecule has 0 unspecified atom stereocenters. The molecule has 0 aromatic carbocycles. The maximum atomic E-state index is 11.6. The summed E-state index contributed by atoms with van der Waals surface area (Å²) in [6, 6.07) is 0. The predicted octanol–water partition coefficient (Wildman–Crippen LogP) is 0.0888. The van der Waals surface area contributed by atoms with Crippen LogP contribution in [0, 0.1) is 5.92 Å². The van der Waals surface area contributed by atoms with Gasteiger partial charge in [0.1, 0.15) is 0 Å². The van der Waals surface area contributed by atoms with Gasteiger partial charge in [-0.05, 0) is 12.0 Å². The van der Waals surface area contributed by atoms with Crippen LogP contribution in [-0.2, 0) is 9.59 Å². The van der Waals surface area contributed by atoms with E-state index in [0.717, 1.165) is 13.1 Å². The van der Waals surface area contributed by atoms with Crippen molar-refractivity contribution in [1.29, 1.82) is 0 Å². The smallest absolute Gasteiger partial charge is 0.246 e. The molecule has 0 saturated carbocycles. The van der Waals surface area contributed by atoms with E-state index >= 15 is 0 Å². The summed E-state index contributed by atoms with van der Waals surface area (Å²) in [5, 5.41) is 2.90. The third-order valence-corrected chi connectivity index (χ3v) is 2.93. The van der Waals surface area contributed by atoms with Crippen LogP contribution in [0.25, 0.3) is 0 Å². The van der Waals surface area contributed by atoms with Crippen LogP contribution in [-0.4, -0.2) is 60.9 Å². The molecule has 1 N–H and O–H groups in total. The highest BCUT2D eigenvalue weighted by molar-refractivity contribution is 5.87. The second kappa shape index (κ2) is 7.16. The molecule has 1 heterocycles. The number of piperazine rings is 1. The topological polar surface area (TPSA) is 52.7 Å². The van der Waals surface area contributed by atoms with Gasteiger partial charge in [-0.3, -0.25) is 14.5 Å². The highest BCUT2D eigenvalue weighted by Gasteiger charge is 2.20. The summed E-state index contributed by atoms with van der Waals surface area (Å²) in [5.41, 5.74) is 0. The number of carbonyl (C=O) groups is 2. The summed E-state index contributed by atoms with van der Waals surface area (Å²) in [5.74, 6) is 0.502. The van der Waals surface area contributed by atoms with E-state index in [1.807, 2.05) is 0 Å². The van der Waals surface area contributed by atoms with Gasteiger partial charge in [0.25, 0.3) is 0 Å². The number of carbonyl (C=O) groups excluding carboxylic acids is 2. The fourth-order valence-corrected chi connectivity index (χ4v) is 1.83. The van der Waals surface area contributed by atoms with E-state index in [2.05, 4.69) is 30.6 Å². The van der Waals surface area contributed by atoms with Crippen LogP contribution in [0.1, 0.15) is 13.8 Å². The zero-order chi connectivity index (χ0) is 13.5. The maximum Gasteiger partial charge on any atom is 0.246 e. The van der Waals surface area contributed by atoms with Crippen molar-refractivity contribution in [2.24, 2.45) is 5.92 Å². The lowest BCUT2D eigenvalue weighted by Gasteiger charge is -2.33. The number of rotatable bonds is 5. The van der Waals surface area contributed by atoms with Gasteiger partial charge in [-0.1, -0.05) is 20.4 Å². The Morgan fingerprint density at radius 2 is 1.89 bits per heavy atom. The number of nitrogens with one attached hydrogen (secondary N) is 1. The van der Waals surface area contributed by atoms with Crippen molar-refractivity contribution in [1.82, 2.24) is 15.1 Å². The van der Waals surface area contributed by atoms with Crippen molar-refractivity contribution in [3.63, 3.8) is 0 Å². The first-order valence-corrected chi connectivity index (χ1v) is 6.43. The molecule has 1 aliphatic heterocycles. The number of hydrogen-bond acceptors (Lipinski definition) is 3. The van der Waals surface area contributed by atoms with Gasteiger partial charge >= 0.3 is 0 Å². The fourth-order valence-electron chi connectivity index (χ4n) is 1.83. The molecule has 1 aliphatic rings. The molecule has 0 atom stereocenters. The first kappa shape index (κ1) is 14.7. The molecule has 0 aliphatic carbocycles. The molecule has 0 spiro atoms. The van der Waals surface area contributed by atoms with Gasteiger partial charge in [0.05, 0.1) is 6.54 Å². The van der Waals surface area contributed by atoms with Crippen molar-refractivity contribution in [2.75, 3.05) is 39.3 Å². The average Bonchev–Trinajstić information content (AvgIpc) is 2.36. The Morgan fingerprint density at radius 3 is 2.39 bits per heavy atom. The Hall–Kier alpha value is -1.36. The molecule has 2 amide bonds. The van der Waals surface area contributed by atoms with Crippen LogP contribution in [0.5, 0.6) is 0 Å². The van der Waals surface area contributed by atoms with E-state index in [1.165, 1.54) is 6.08 Å². The minimum atomic E-state index is -0.0288. The molecule has 0 radical (unpaired) electrons. The Balaban J connectivity index is 2.25. The van der Waals surface area contributed by atoms with E-state index in [4.69, 9.17) is 0 Å². The van der Waals surface area contributed by atoms with Gasteiger partial charge in [-0.25, -0.2) is 0 Å². The molecule has 0 bridgehead atoms. The van der Waals surface area contributed by atoms with Crippen LogP contribution in [0.4, 0.5) is 0 Å². The maximum absolute atomic E-state index is 11.6. The minimum absolute atomic E-state index is 0.0288. The first-order valence-electron chi connectivity index (χ1n) is 6.43. The standard InChI is InChI=1S/C13H23N3O2/c1-4-13(18)16-7-5-15(6-8-16)10-12(17)14-9-11(2)3/h4,11H,1,5-10H2,2-3H3,(H,14,17). The molecular formula is C13H23N3O2. The van der Waals surface area contributed by atoms with Gasteiger partial charge < -0.3 is 10.2 Å². The van der Waals surface area contributed by atoms with E-state index in [1.54, 1.807) is 4.90 Å². The largest absolute Gasteiger partial charge is 0.355 e. The lowest BCUT2D eigenvalue weighted by molar-refractivity contribution is -0.128. The SMILES string of the molecule is C=CC(=O)N1CCN(CC(=O)NCC(C)C)CC1. The quantitative estimate of drug-likeness (QED) is 0.707.